The Morgan fingerprint density at radius 2 is 1.52 bits per heavy atom. The molecule has 0 saturated carbocycles. The molecule has 0 bridgehead atoms. The van der Waals surface area contributed by atoms with E-state index in [0.717, 1.165) is 37.5 Å². The van der Waals surface area contributed by atoms with Crippen LogP contribution in [0.15, 0.2) is 64.2 Å². The van der Waals surface area contributed by atoms with Crippen LogP contribution in [0.2, 0.25) is 0 Å². The minimum atomic E-state index is -0.412. The Bertz CT molecular complexity index is 1030. The molecule has 4 rings (SSSR count). The van der Waals surface area contributed by atoms with Crippen LogP contribution in [-0.2, 0) is 6.42 Å². The maximum Gasteiger partial charge on any atom is 0.253 e. The number of piperazine rings is 1. The number of benzene rings is 2. The summed E-state index contributed by atoms with van der Waals surface area (Å²) in [4.78, 5) is 28.7. The molecule has 1 fully saturated rings. The molecular formula is C23H25N3O3. The molecule has 0 amide bonds. The molecule has 0 spiro atoms. The lowest BCUT2D eigenvalue weighted by Gasteiger charge is -2.38. The van der Waals surface area contributed by atoms with Gasteiger partial charge in [0.15, 0.2) is 0 Å². The summed E-state index contributed by atoms with van der Waals surface area (Å²) >= 11 is 0. The predicted octanol–water partition coefficient (Wildman–Crippen LogP) is 2.27. The SMILES string of the molecule is COc1ccccc1CCNc1c(N2CCN(c3ccccc3)CC2)c(=O)c1=O. The zero-order valence-electron chi connectivity index (χ0n) is 16.6. The Labute approximate surface area is 170 Å². The Morgan fingerprint density at radius 3 is 2.24 bits per heavy atom. The number of nitrogens with zero attached hydrogens (tertiary/aromatic N) is 2. The van der Waals surface area contributed by atoms with E-state index in [4.69, 9.17) is 4.74 Å². The summed E-state index contributed by atoms with van der Waals surface area (Å²) in [6, 6.07) is 18.1. The normalized spacial score (nSPS) is 14.2. The van der Waals surface area contributed by atoms with Crippen LogP contribution in [0.4, 0.5) is 17.1 Å². The van der Waals surface area contributed by atoms with Gasteiger partial charge in [0.25, 0.3) is 10.9 Å². The van der Waals surface area contributed by atoms with E-state index in [0.29, 0.717) is 24.3 Å². The third-order valence-electron chi connectivity index (χ3n) is 5.49. The van der Waals surface area contributed by atoms with Crippen molar-refractivity contribution in [3.8, 4) is 5.75 Å². The van der Waals surface area contributed by atoms with Gasteiger partial charge in [-0.3, -0.25) is 9.59 Å². The molecule has 0 radical (unpaired) electrons. The first-order valence-corrected chi connectivity index (χ1v) is 9.93. The highest BCUT2D eigenvalue weighted by molar-refractivity contribution is 5.75. The summed E-state index contributed by atoms with van der Waals surface area (Å²) in [7, 11) is 1.65. The number of hydrogen-bond acceptors (Lipinski definition) is 6. The fraction of sp³-hybridized carbons (Fsp3) is 0.304. The molecule has 1 aliphatic heterocycles. The van der Waals surface area contributed by atoms with Crippen molar-refractivity contribution in [2.75, 3.05) is 55.0 Å². The van der Waals surface area contributed by atoms with Crippen molar-refractivity contribution in [1.82, 2.24) is 0 Å². The van der Waals surface area contributed by atoms with E-state index in [2.05, 4.69) is 22.3 Å². The molecule has 1 N–H and O–H groups in total. The molecule has 0 aromatic heterocycles. The molecule has 1 aliphatic rings. The third kappa shape index (κ3) is 3.83. The van der Waals surface area contributed by atoms with Crippen LogP contribution in [0.5, 0.6) is 5.75 Å². The molecule has 29 heavy (non-hydrogen) atoms. The number of anilines is 3. The Morgan fingerprint density at radius 1 is 0.862 bits per heavy atom. The van der Waals surface area contributed by atoms with Crippen LogP contribution < -0.4 is 30.7 Å². The number of para-hydroxylation sites is 2. The number of rotatable bonds is 7. The summed E-state index contributed by atoms with van der Waals surface area (Å²) in [5.41, 5.74) is 2.47. The minimum absolute atomic E-state index is 0.377. The summed E-state index contributed by atoms with van der Waals surface area (Å²) in [6.45, 7) is 3.66. The second-order valence-corrected chi connectivity index (χ2v) is 7.18. The van der Waals surface area contributed by atoms with Crippen molar-refractivity contribution >= 4 is 17.1 Å². The molecular weight excluding hydrogens is 366 g/mol. The second-order valence-electron chi connectivity index (χ2n) is 7.18. The fourth-order valence-corrected chi connectivity index (χ4v) is 3.90. The molecule has 6 nitrogen and oxygen atoms in total. The van der Waals surface area contributed by atoms with Gasteiger partial charge in [-0.05, 0) is 30.2 Å². The average molecular weight is 391 g/mol. The van der Waals surface area contributed by atoms with Crippen LogP contribution >= 0.6 is 0 Å². The smallest absolute Gasteiger partial charge is 0.253 e. The van der Waals surface area contributed by atoms with E-state index >= 15 is 0 Å². The maximum absolute atomic E-state index is 12.2. The number of nitrogens with one attached hydrogen (secondary N) is 1. The van der Waals surface area contributed by atoms with Gasteiger partial charge in [-0.25, -0.2) is 0 Å². The molecule has 3 aromatic rings. The highest BCUT2D eigenvalue weighted by Gasteiger charge is 2.28. The van der Waals surface area contributed by atoms with Gasteiger partial charge in [-0.2, -0.15) is 0 Å². The van der Waals surface area contributed by atoms with E-state index in [9.17, 15) is 9.59 Å². The first-order chi connectivity index (χ1) is 14.2. The molecule has 6 heteroatoms. The van der Waals surface area contributed by atoms with E-state index < -0.39 is 5.43 Å². The first-order valence-electron chi connectivity index (χ1n) is 9.93. The molecule has 1 saturated heterocycles. The fourth-order valence-electron chi connectivity index (χ4n) is 3.90. The molecule has 1 heterocycles. The Balaban J connectivity index is 1.38. The Kier molecular flexibility index (Phi) is 5.51. The zero-order chi connectivity index (χ0) is 20.2. The van der Waals surface area contributed by atoms with E-state index in [1.807, 2.05) is 47.4 Å². The lowest BCUT2D eigenvalue weighted by Crippen LogP contribution is -2.51. The van der Waals surface area contributed by atoms with Gasteiger partial charge in [0.1, 0.15) is 17.1 Å². The van der Waals surface area contributed by atoms with Crippen LogP contribution in [0.3, 0.4) is 0 Å². The Hall–Kier alpha value is -3.28. The summed E-state index contributed by atoms with van der Waals surface area (Å²) in [6.07, 6.45) is 0.712. The van der Waals surface area contributed by atoms with Crippen molar-refractivity contribution in [2.45, 2.75) is 6.42 Å². The van der Waals surface area contributed by atoms with E-state index in [-0.39, 0.29) is 5.43 Å². The first kappa shape index (κ1) is 19.1. The number of hydrogen-bond donors (Lipinski definition) is 1. The van der Waals surface area contributed by atoms with Crippen molar-refractivity contribution in [3.63, 3.8) is 0 Å². The molecule has 0 atom stereocenters. The minimum Gasteiger partial charge on any atom is -0.496 e. The van der Waals surface area contributed by atoms with Gasteiger partial charge >= 0.3 is 0 Å². The zero-order valence-corrected chi connectivity index (χ0v) is 16.6. The highest BCUT2D eigenvalue weighted by atomic mass is 16.5. The molecule has 0 aliphatic carbocycles. The number of ether oxygens (including phenoxy) is 1. The van der Waals surface area contributed by atoms with Crippen molar-refractivity contribution < 1.29 is 4.74 Å². The lowest BCUT2D eigenvalue weighted by molar-refractivity contribution is 0.410. The molecule has 3 aromatic carbocycles. The predicted molar refractivity (Wildman–Crippen MR) is 117 cm³/mol. The van der Waals surface area contributed by atoms with E-state index in [1.165, 1.54) is 5.69 Å². The van der Waals surface area contributed by atoms with Crippen LogP contribution in [0.25, 0.3) is 0 Å². The maximum atomic E-state index is 12.2. The van der Waals surface area contributed by atoms with Crippen LogP contribution in [0.1, 0.15) is 5.56 Å². The van der Waals surface area contributed by atoms with Gasteiger partial charge in [-0.15, -0.1) is 0 Å². The largest absolute Gasteiger partial charge is 0.496 e. The van der Waals surface area contributed by atoms with Crippen LogP contribution in [0, 0.1) is 0 Å². The topological polar surface area (TPSA) is 61.9 Å². The monoisotopic (exact) mass is 391 g/mol. The quantitative estimate of drug-likeness (QED) is 0.624. The average Bonchev–Trinajstić information content (AvgIpc) is 2.79. The van der Waals surface area contributed by atoms with Gasteiger partial charge in [0, 0.05) is 38.4 Å². The van der Waals surface area contributed by atoms with Gasteiger partial charge in [-0.1, -0.05) is 36.4 Å². The van der Waals surface area contributed by atoms with Gasteiger partial charge < -0.3 is 19.9 Å². The molecule has 0 unspecified atom stereocenters. The van der Waals surface area contributed by atoms with Crippen LogP contribution in [-0.4, -0.2) is 39.8 Å². The standard InChI is InChI=1S/C23H25N3O3/c1-29-19-10-6-5-7-17(19)11-12-24-20-21(23(28)22(20)27)26-15-13-25(14-16-26)18-8-3-2-4-9-18/h2-10,24H,11-16H2,1H3. The van der Waals surface area contributed by atoms with Gasteiger partial charge in [0.2, 0.25) is 0 Å². The van der Waals surface area contributed by atoms with E-state index in [1.54, 1.807) is 7.11 Å². The van der Waals surface area contributed by atoms with Crippen molar-refractivity contribution in [1.29, 1.82) is 0 Å². The molecule has 150 valence electrons. The van der Waals surface area contributed by atoms with Crippen molar-refractivity contribution in [2.24, 2.45) is 0 Å². The number of methoxy groups -OCH3 is 1. The summed E-state index contributed by atoms with van der Waals surface area (Å²) in [5, 5.41) is 3.19. The summed E-state index contributed by atoms with van der Waals surface area (Å²) < 4.78 is 5.37. The lowest BCUT2D eigenvalue weighted by atomic mass is 10.1. The highest BCUT2D eigenvalue weighted by Crippen LogP contribution is 2.24. The third-order valence-corrected chi connectivity index (χ3v) is 5.49. The van der Waals surface area contributed by atoms with Crippen molar-refractivity contribution in [3.05, 3.63) is 80.6 Å². The second kappa shape index (κ2) is 8.39. The summed E-state index contributed by atoms with van der Waals surface area (Å²) in [5.74, 6) is 0.830. The van der Waals surface area contributed by atoms with Gasteiger partial charge in [0.05, 0.1) is 7.11 Å².